The largest absolute Gasteiger partial charge is 0.394 e. The Hall–Kier alpha value is -1.47. The van der Waals surface area contributed by atoms with Crippen LogP contribution in [0.1, 0.15) is 303 Å². The van der Waals surface area contributed by atoms with Gasteiger partial charge in [-0.1, -0.05) is 275 Å². The van der Waals surface area contributed by atoms with Crippen molar-refractivity contribution in [2.75, 3.05) is 6.61 Å². The minimum absolute atomic E-state index is 0.362. The summed E-state index contributed by atoms with van der Waals surface area (Å²) in [5.74, 6) is -0.595. The lowest BCUT2D eigenvalue weighted by Gasteiger charge is -2.27. The Bertz CT molecular complexity index is 1030. The summed E-state index contributed by atoms with van der Waals surface area (Å²) in [5, 5.41) is 44.0. The number of amides is 1. The van der Waals surface area contributed by atoms with Gasteiger partial charge in [-0.2, -0.15) is 0 Å². The minimum Gasteiger partial charge on any atom is -0.394 e. The molecule has 0 saturated carbocycles. The molecule has 0 aliphatic carbocycles. The molecule has 6 nitrogen and oxygen atoms in total. The molecular formula is C59H113NO5. The van der Waals surface area contributed by atoms with Crippen molar-refractivity contribution >= 4 is 5.91 Å². The minimum atomic E-state index is -1.29. The molecule has 0 saturated heterocycles. The fourth-order valence-corrected chi connectivity index (χ4v) is 9.03. The number of allylic oxidation sites excluding steroid dienone is 6. The van der Waals surface area contributed by atoms with E-state index in [1.807, 2.05) is 0 Å². The van der Waals surface area contributed by atoms with Crippen molar-refractivity contribution in [1.82, 2.24) is 5.32 Å². The highest BCUT2D eigenvalue weighted by Crippen LogP contribution is 2.18. The number of hydrogen-bond acceptors (Lipinski definition) is 5. The van der Waals surface area contributed by atoms with Crippen LogP contribution in [0, 0.1) is 0 Å². The molecule has 4 unspecified atom stereocenters. The first kappa shape index (κ1) is 63.5. The van der Waals surface area contributed by atoms with Gasteiger partial charge in [0.2, 0.25) is 5.91 Å². The van der Waals surface area contributed by atoms with Crippen LogP contribution in [0.5, 0.6) is 0 Å². The van der Waals surface area contributed by atoms with Gasteiger partial charge in [0, 0.05) is 0 Å². The molecule has 0 bridgehead atoms. The number of aliphatic hydroxyl groups is 4. The van der Waals surface area contributed by atoms with Crippen LogP contribution in [-0.2, 0) is 4.79 Å². The number of nitrogens with one attached hydrogen (secondary N) is 1. The Morgan fingerprint density at radius 2 is 0.646 bits per heavy atom. The third-order valence-corrected chi connectivity index (χ3v) is 13.6. The number of aliphatic hydroxyl groups excluding tert-OH is 4. The van der Waals surface area contributed by atoms with Crippen molar-refractivity contribution in [3.05, 3.63) is 36.5 Å². The highest BCUT2D eigenvalue weighted by atomic mass is 16.3. The molecule has 6 heteroatoms. The highest BCUT2D eigenvalue weighted by molar-refractivity contribution is 5.80. The predicted molar refractivity (Wildman–Crippen MR) is 284 cm³/mol. The molecule has 0 fully saturated rings. The van der Waals surface area contributed by atoms with Gasteiger partial charge in [-0.15, -0.1) is 0 Å². The molecule has 0 aliphatic rings. The molecule has 0 aromatic rings. The number of rotatable bonds is 53. The zero-order chi connectivity index (χ0) is 47.4. The zero-order valence-corrected chi connectivity index (χ0v) is 43.5. The molecule has 1 amide bonds. The van der Waals surface area contributed by atoms with Gasteiger partial charge in [0.25, 0.3) is 0 Å². The van der Waals surface area contributed by atoms with Gasteiger partial charge in [0.1, 0.15) is 12.2 Å². The average Bonchev–Trinajstić information content (AvgIpc) is 3.31. The first-order valence-corrected chi connectivity index (χ1v) is 28.9. The van der Waals surface area contributed by atoms with Crippen LogP contribution in [0.25, 0.3) is 0 Å². The van der Waals surface area contributed by atoms with Gasteiger partial charge in [-0.05, 0) is 64.2 Å². The van der Waals surface area contributed by atoms with Crippen LogP contribution < -0.4 is 5.32 Å². The fourth-order valence-electron chi connectivity index (χ4n) is 9.03. The van der Waals surface area contributed by atoms with Crippen LogP contribution in [0.15, 0.2) is 36.5 Å². The van der Waals surface area contributed by atoms with Crippen LogP contribution >= 0.6 is 0 Å². The van der Waals surface area contributed by atoms with Crippen LogP contribution in [0.4, 0.5) is 0 Å². The first-order valence-electron chi connectivity index (χ1n) is 28.9. The number of unbranched alkanes of at least 4 members (excludes halogenated alkanes) is 38. The monoisotopic (exact) mass is 916 g/mol. The molecule has 0 rings (SSSR count). The molecule has 65 heavy (non-hydrogen) atoms. The Morgan fingerprint density at radius 3 is 0.969 bits per heavy atom. The van der Waals surface area contributed by atoms with Crippen LogP contribution in [-0.4, -0.2) is 57.3 Å². The van der Waals surface area contributed by atoms with Gasteiger partial charge in [0.05, 0.1) is 18.8 Å². The van der Waals surface area contributed by atoms with E-state index in [0.717, 1.165) is 51.4 Å². The second-order valence-corrected chi connectivity index (χ2v) is 20.0. The molecule has 4 atom stereocenters. The van der Waals surface area contributed by atoms with E-state index in [-0.39, 0.29) is 0 Å². The normalized spacial score (nSPS) is 14.0. The van der Waals surface area contributed by atoms with E-state index >= 15 is 0 Å². The summed E-state index contributed by atoms with van der Waals surface area (Å²) in [6.45, 7) is 4.07. The highest BCUT2D eigenvalue weighted by Gasteiger charge is 2.28. The van der Waals surface area contributed by atoms with Crippen molar-refractivity contribution < 1.29 is 25.2 Å². The number of carbonyl (C=O) groups excluding carboxylic acids is 1. The van der Waals surface area contributed by atoms with Gasteiger partial charge in [-0.3, -0.25) is 4.79 Å². The Balaban J connectivity index is 3.69. The summed E-state index contributed by atoms with van der Waals surface area (Å²) in [7, 11) is 0. The van der Waals surface area contributed by atoms with Crippen molar-refractivity contribution in [2.24, 2.45) is 0 Å². The van der Waals surface area contributed by atoms with E-state index in [4.69, 9.17) is 0 Å². The van der Waals surface area contributed by atoms with E-state index in [0.29, 0.717) is 19.3 Å². The Kier molecular flexibility index (Phi) is 52.3. The predicted octanol–water partition coefficient (Wildman–Crippen LogP) is 16.8. The van der Waals surface area contributed by atoms with Crippen molar-refractivity contribution in [3.8, 4) is 0 Å². The maximum Gasteiger partial charge on any atom is 0.249 e. The summed E-state index contributed by atoms with van der Waals surface area (Å²) in [6.07, 6.45) is 66.5. The summed E-state index contributed by atoms with van der Waals surface area (Å²) in [6, 6.07) is -1.01. The summed E-state index contributed by atoms with van der Waals surface area (Å²) in [5.41, 5.74) is 0. The lowest BCUT2D eigenvalue weighted by atomic mass is 10.00. The van der Waals surface area contributed by atoms with E-state index < -0.39 is 36.9 Å². The quantitative estimate of drug-likeness (QED) is 0.0308. The Labute approximate surface area is 405 Å². The molecule has 0 radical (unpaired) electrons. The second kappa shape index (κ2) is 53.5. The molecule has 384 valence electrons. The molecular weight excluding hydrogens is 803 g/mol. The van der Waals surface area contributed by atoms with E-state index in [2.05, 4.69) is 55.6 Å². The summed E-state index contributed by atoms with van der Waals surface area (Å²) in [4.78, 5) is 12.6. The SMILES string of the molecule is CCCCCCCCCCCCCCCC/C=C/CC/C=C/CC/C=C/CCCC(O)C(O)C(CO)NC(=O)C(O)CCCCCCCCCCCCCCCCCCCCCCCC. The Morgan fingerprint density at radius 1 is 0.369 bits per heavy atom. The van der Waals surface area contributed by atoms with Crippen LogP contribution in [0.2, 0.25) is 0 Å². The molecule has 0 spiro atoms. The number of carbonyl (C=O) groups is 1. The average molecular weight is 917 g/mol. The van der Waals surface area contributed by atoms with Crippen molar-refractivity contribution in [2.45, 2.75) is 327 Å². The fraction of sp³-hybridized carbons (Fsp3) is 0.881. The smallest absolute Gasteiger partial charge is 0.249 e. The van der Waals surface area contributed by atoms with E-state index in [1.165, 1.54) is 218 Å². The molecule has 0 aliphatic heterocycles. The van der Waals surface area contributed by atoms with Gasteiger partial charge in [0.15, 0.2) is 0 Å². The second-order valence-electron chi connectivity index (χ2n) is 20.0. The molecule has 0 heterocycles. The molecule has 0 aromatic carbocycles. The topological polar surface area (TPSA) is 110 Å². The maximum absolute atomic E-state index is 12.6. The molecule has 0 aromatic heterocycles. The van der Waals surface area contributed by atoms with E-state index in [1.54, 1.807) is 0 Å². The zero-order valence-electron chi connectivity index (χ0n) is 43.5. The van der Waals surface area contributed by atoms with Crippen molar-refractivity contribution in [1.29, 1.82) is 0 Å². The van der Waals surface area contributed by atoms with Crippen molar-refractivity contribution in [3.63, 3.8) is 0 Å². The van der Waals surface area contributed by atoms with Gasteiger partial charge in [-0.25, -0.2) is 0 Å². The number of hydrogen-bond donors (Lipinski definition) is 5. The summed E-state index contributed by atoms with van der Waals surface area (Å²) >= 11 is 0. The lowest BCUT2D eigenvalue weighted by Crippen LogP contribution is -2.53. The molecule has 5 N–H and O–H groups in total. The first-order chi connectivity index (χ1) is 32.0. The standard InChI is InChI=1S/C59H113NO5/c1-3-5-7-9-11-13-15-17-19-21-23-25-27-28-29-30-31-33-34-36-38-40-42-44-46-48-50-52-56(62)58(64)55(54-61)60-59(65)57(63)53-51-49-47-45-43-41-39-37-35-32-26-24-22-20-18-16-14-12-10-8-6-4-2/h30-31,36,38,44,46,55-58,61-64H,3-29,32-35,37,39-43,45,47-54H2,1-2H3,(H,60,65)/b31-30+,38-36+,46-44+. The van der Waals surface area contributed by atoms with Gasteiger partial charge < -0.3 is 25.7 Å². The maximum atomic E-state index is 12.6. The van der Waals surface area contributed by atoms with Gasteiger partial charge >= 0.3 is 0 Å². The summed E-state index contributed by atoms with van der Waals surface area (Å²) < 4.78 is 0. The van der Waals surface area contributed by atoms with Crippen LogP contribution in [0.3, 0.4) is 0 Å². The third-order valence-electron chi connectivity index (χ3n) is 13.6. The lowest BCUT2D eigenvalue weighted by molar-refractivity contribution is -0.132. The third kappa shape index (κ3) is 47.4. The van der Waals surface area contributed by atoms with E-state index in [9.17, 15) is 25.2 Å².